The molecule has 0 saturated carbocycles. The standard InChI is InChI=1S/C17H20N6OS/c1-3-12-4-13(6-14(25)5-12)16(24)18-9-15-21-10-22-23(15)17-19-7-11(2)8-20-17/h4,6-8,10,14,25H,3,5,9H2,1-2H3,(H,18,24). The molecule has 2 aromatic heterocycles. The van der Waals surface area contributed by atoms with Crippen molar-refractivity contribution in [3.8, 4) is 5.95 Å². The second-order valence-corrected chi connectivity index (χ2v) is 6.54. The van der Waals surface area contributed by atoms with E-state index in [4.69, 9.17) is 0 Å². The highest BCUT2D eigenvalue weighted by Crippen LogP contribution is 2.23. The van der Waals surface area contributed by atoms with Crippen molar-refractivity contribution in [3.63, 3.8) is 0 Å². The van der Waals surface area contributed by atoms with E-state index in [-0.39, 0.29) is 17.7 Å². The van der Waals surface area contributed by atoms with Gasteiger partial charge in [0.1, 0.15) is 6.33 Å². The summed E-state index contributed by atoms with van der Waals surface area (Å²) in [6, 6.07) is 0. The van der Waals surface area contributed by atoms with Gasteiger partial charge >= 0.3 is 0 Å². The topological polar surface area (TPSA) is 85.6 Å². The van der Waals surface area contributed by atoms with Crippen LogP contribution in [-0.2, 0) is 11.3 Å². The van der Waals surface area contributed by atoms with Crippen molar-refractivity contribution >= 4 is 18.5 Å². The highest BCUT2D eigenvalue weighted by Gasteiger charge is 2.17. The van der Waals surface area contributed by atoms with E-state index in [2.05, 4.69) is 44.9 Å². The van der Waals surface area contributed by atoms with Gasteiger partial charge in [0.05, 0.1) is 6.54 Å². The molecular formula is C17H20N6OS. The Hall–Kier alpha value is -2.48. The Balaban J connectivity index is 1.70. The summed E-state index contributed by atoms with van der Waals surface area (Å²) in [6.45, 7) is 4.23. The molecule has 2 heterocycles. The van der Waals surface area contributed by atoms with Gasteiger partial charge in [0.2, 0.25) is 0 Å². The molecule has 0 spiro atoms. The van der Waals surface area contributed by atoms with Crippen LogP contribution in [0.25, 0.3) is 5.95 Å². The molecule has 0 bridgehead atoms. The molecular weight excluding hydrogens is 336 g/mol. The molecule has 2 aromatic rings. The summed E-state index contributed by atoms with van der Waals surface area (Å²) < 4.78 is 1.52. The summed E-state index contributed by atoms with van der Waals surface area (Å²) in [5.41, 5.74) is 2.83. The molecule has 0 aliphatic heterocycles. The SMILES string of the molecule is CCC1=CC(C(=O)NCc2ncnn2-c2ncc(C)cn2)=CC(S)C1. The molecule has 3 rings (SSSR count). The quantitative estimate of drug-likeness (QED) is 0.800. The third kappa shape index (κ3) is 4.14. The number of aromatic nitrogens is 5. The molecule has 0 fully saturated rings. The van der Waals surface area contributed by atoms with E-state index in [0.29, 0.717) is 17.3 Å². The van der Waals surface area contributed by atoms with Gasteiger partial charge in [-0.15, -0.1) is 0 Å². The van der Waals surface area contributed by atoms with E-state index in [1.165, 1.54) is 16.6 Å². The van der Waals surface area contributed by atoms with Crippen molar-refractivity contribution < 1.29 is 4.79 Å². The van der Waals surface area contributed by atoms with Gasteiger partial charge < -0.3 is 5.32 Å². The molecule has 0 radical (unpaired) electrons. The second-order valence-electron chi connectivity index (χ2n) is 5.88. The van der Waals surface area contributed by atoms with Crippen molar-refractivity contribution in [1.29, 1.82) is 0 Å². The zero-order valence-electron chi connectivity index (χ0n) is 14.2. The highest BCUT2D eigenvalue weighted by atomic mass is 32.1. The Morgan fingerprint density at radius 2 is 2.12 bits per heavy atom. The first-order valence-electron chi connectivity index (χ1n) is 8.12. The molecule has 1 amide bonds. The molecule has 1 aliphatic carbocycles. The van der Waals surface area contributed by atoms with Crippen LogP contribution in [0, 0.1) is 6.92 Å². The van der Waals surface area contributed by atoms with Gasteiger partial charge in [-0.2, -0.15) is 22.4 Å². The maximum atomic E-state index is 12.4. The molecule has 1 unspecified atom stereocenters. The predicted octanol–water partition coefficient (Wildman–Crippen LogP) is 1.95. The average Bonchev–Trinajstić information content (AvgIpc) is 3.08. The van der Waals surface area contributed by atoms with E-state index in [9.17, 15) is 4.79 Å². The van der Waals surface area contributed by atoms with Crippen LogP contribution in [0.4, 0.5) is 0 Å². The molecule has 1 aliphatic rings. The van der Waals surface area contributed by atoms with Crippen LogP contribution >= 0.6 is 12.6 Å². The number of aryl methyl sites for hydroxylation is 1. The van der Waals surface area contributed by atoms with Crippen LogP contribution in [0.5, 0.6) is 0 Å². The number of carbonyl (C=O) groups is 1. The Morgan fingerprint density at radius 3 is 2.84 bits per heavy atom. The summed E-state index contributed by atoms with van der Waals surface area (Å²) in [4.78, 5) is 25.1. The van der Waals surface area contributed by atoms with Gasteiger partial charge in [0, 0.05) is 23.2 Å². The zero-order valence-corrected chi connectivity index (χ0v) is 15.1. The van der Waals surface area contributed by atoms with Crippen LogP contribution < -0.4 is 5.32 Å². The number of nitrogens with one attached hydrogen (secondary N) is 1. The minimum atomic E-state index is -0.149. The molecule has 1 N–H and O–H groups in total. The van der Waals surface area contributed by atoms with Crippen molar-refractivity contribution in [3.05, 3.63) is 53.4 Å². The number of hydrogen-bond donors (Lipinski definition) is 2. The fourth-order valence-corrected chi connectivity index (χ4v) is 2.95. The fourth-order valence-electron chi connectivity index (χ4n) is 2.56. The highest BCUT2D eigenvalue weighted by molar-refractivity contribution is 7.81. The number of allylic oxidation sites excluding steroid dienone is 1. The van der Waals surface area contributed by atoms with Gasteiger partial charge in [-0.05, 0) is 25.3 Å². The van der Waals surface area contributed by atoms with E-state index in [1.807, 2.05) is 19.1 Å². The van der Waals surface area contributed by atoms with Gasteiger partial charge in [-0.1, -0.05) is 24.6 Å². The Labute approximate surface area is 151 Å². The summed E-state index contributed by atoms with van der Waals surface area (Å²) in [7, 11) is 0. The van der Waals surface area contributed by atoms with Gasteiger partial charge in [-0.25, -0.2) is 15.0 Å². The Kier molecular flexibility index (Phi) is 5.28. The second kappa shape index (κ2) is 7.60. The first kappa shape index (κ1) is 17.3. The van der Waals surface area contributed by atoms with Crippen LogP contribution in [0.1, 0.15) is 31.2 Å². The number of amides is 1. The smallest absolute Gasteiger partial charge is 0.252 e. The Morgan fingerprint density at radius 1 is 1.36 bits per heavy atom. The molecule has 130 valence electrons. The van der Waals surface area contributed by atoms with Crippen LogP contribution in [0.2, 0.25) is 0 Å². The van der Waals surface area contributed by atoms with Crippen LogP contribution in [0.3, 0.4) is 0 Å². The maximum absolute atomic E-state index is 12.4. The van der Waals surface area contributed by atoms with Crippen LogP contribution in [-0.4, -0.2) is 35.9 Å². The summed E-state index contributed by atoms with van der Waals surface area (Å²) in [6.07, 6.45) is 10.5. The Bertz CT molecular complexity index is 824. The normalized spacial score (nSPS) is 17.0. The monoisotopic (exact) mass is 356 g/mol. The lowest BCUT2D eigenvalue weighted by Gasteiger charge is -2.17. The van der Waals surface area contributed by atoms with Gasteiger partial charge in [0.15, 0.2) is 5.82 Å². The average molecular weight is 356 g/mol. The predicted molar refractivity (Wildman–Crippen MR) is 97.4 cm³/mol. The molecule has 0 saturated heterocycles. The van der Waals surface area contributed by atoms with Crippen molar-refractivity contribution in [1.82, 2.24) is 30.0 Å². The fraction of sp³-hybridized carbons (Fsp3) is 0.353. The minimum absolute atomic E-state index is 0.0744. The van der Waals surface area contributed by atoms with Crippen LogP contribution in [0.15, 0.2) is 42.0 Å². The van der Waals surface area contributed by atoms with Crippen molar-refractivity contribution in [2.75, 3.05) is 0 Å². The number of thiol groups is 1. The largest absolute Gasteiger partial charge is 0.345 e. The first-order chi connectivity index (χ1) is 12.1. The molecule has 0 aromatic carbocycles. The maximum Gasteiger partial charge on any atom is 0.252 e. The summed E-state index contributed by atoms with van der Waals surface area (Å²) >= 11 is 4.49. The lowest BCUT2D eigenvalue weighted by atomic mass is 9.97. The van der Waals surface area contributed by atoms with E-state index in [0.717, 1.165) is 18.4 Å². The number of hydrogen-bond acceptors (Lipinski definition) is 6. The van der Waals surface area contributed by atoms with E-state index < -0.39 is 0 Å². The molecule has 1 atom stereocenters. The summed E-state index contributed by atoms with van der Waals surface area (Å²) in [5, 5.41) is 7.09. The minimum Gasteiger partial charge on any atom is -0.345 e. The van der Waals surface area contributed by atoms with Gasteiger partial charge in [-0.3, -0.25) is 4.79 Å². The van der Waals surface area contributed by atoms with Crippen molar-refractivity contribution in [2.45, 2.75) is 38.5 Å². The number of nitrogens with zero attached hydrogens (tertiary/aromatic N) is 5. The van der Waals surface area contributed by atoms with E-state index in [1.54, 1.807) is 12.4 Å². The third-order valence-electron chi connectivity index (χ3n) is 3.90. The lowest BCUT2D eigenvalue weighted by molar-refractivity contribution is -0.117. The van der Waals surface area contributed by atoms with Gasteiger partial charge in [0.25, 0.3) is 11.9 Å². The number of carbonyl (C=O) groups excluding carboxylic acids is 1. The molecule has 8 heteroatoms. The molecule has 25 heavy (non-hydrogen) atoms. The zero-order chi connectivity index (χ0) is 17.8. The first-order valence-corrected chi connectivity index (χ1v) is 8.64. The lowest BCUT2D eigenvalue weighted by Crippen LogP contribution is -2.27. The number of rotatable bonds is 5. The van der Waals surface area contributed by atoms with Crippen molar-refractivity contribution in [2.24, 2.45) is 0 Å². The van der Waals surface area contributed by atoms with E-state index >= 15 is 0 Å². The molecule has 7 nitrogen and oxygen atoms in total. The summed E-state index contributed by atoms with van der Waals surface area (Å²) in [5.74, 6) is 0.840. The third-order valence-corrected chi connectivity index (χ3v) is 4.23.